The third-order valence-electron chi connectivity index (χ3n) is 4.27. The van der Waals surface area contributed by atoms with Gasteiger partial charge in [-0.1, -0.05) is 0 Å². The first-order valence-electron chi connectivity index (χ1n) is 7.88. The summed E-state index contributed by atoms with van der Waals surface area (Å²) in [7, 11) is 0. The first-order chi connectivity index (χ1) is 11.5. The second-order valence-corrected chi connectivity index (χ2v) is 6.98. The second kappa shape index (κ2) is 7.14. The van der Waals surface area contributed by atoms with Crippen LogP contribution in [0.5, 0.6) is 0 Å². The Bertz CT molecular complexity index is 838. The van der Waals surface area contributed by atoms with Gasteiger partial charge in [0, 0.05) is 42.8 Å². The van der Waals surface area contributed by atoms with Gasteiger partial charge in [-0.05, 0) is 30.4 Å². The lowest BCUT2D eigenvalue weighted by atomic mass is 10.1. The molecule has 2 N–H and O–H groups in total. The van der Waals surface area contributed by atoms with Crippen LogP contribution in [0, 0.1) is 0 Å². The molecule has 8 heteroatoms. The molecule has 1 atom stereocenters. The van der Waals surface area contributed by atoms with Crippen molar-refractivity contribution in [2.75, 3.05) is 13.1 Å². The normalized spacial score (nSPS) is 15.7. The molecule has 1 aliphatic heterocycles. The van der Waals surface area contributed by atoms with Gasteiger partial charge in [0.25, 0.3) is 5.56 Å². The van der Waals surface area contributed by atoms with Crippen LogP contribution < -0.4 is 16.6 Å². The number of rotatable bonds is 5. The lowest BCUT2D eigenvalue weighted by Gasteiger charge is -2.32. The van der Waals surface area contributed by atoms with Crippen molar-refractivity contribution in [3.05, 3.63) is 55.0 Å². The highest BCUT2D eigenvalue weighted by atomic mass is 32.1. The highest BCUT2D eigenvalue weighted by Crippen LogP contribution is 2.24. The minimum absolute atomic E-state index is 0.100. The summed E-state index contributed by atoms with van der Waals surface area (Å²) >= 11 is 1.81. The number of hydrogen-bond donors (Lipinski definition) is 2. The SMILES string of the molecule is CC(CNC(=O)Cn1ccc(=O)[nH]c1=O)N1CCc2sccc2C1. The van der Waals surface area contributed by atoms with Gasteiger partial charge in [-0.25, -0.2) is 4.79 Å². The number of aromatic nitrogens is 2. The molecule has 0 saturated carbocycles. The highest BCUT2D eigenvalue weighted by molar-refractivity contribution is 7.10. The first-order valence-corrected chi connectivity index (χ1v) is 8.76. The summed E-state index contributed by atoms with van der Waals surface area (Å²) in [6.45, 7) is 4.41. The van der Waals surface area contributed by atoms with Crippen LogP contribution >= 0.6 is 11.3 Å². The van der Waals surface area contributed by atoms with Gasteiger partial charge in [-0.3, -0.25) is 24.0 Å². The van der Waals surface area contributed by atoms with Crippen LogP contribution in [-0.2, 0) is 24.3 Å². The molecule has 0 aliphatic carbocycles. The Hall–Kier alpha value is -2.19. The van der Waals surface area contributed by atoms with Gasteiger partial charge in [0.2, 0.25) is 5.91 Å². The van der Waals surface area contributed by atoms with Gasteiger partial charge in [-0.2, -0.15) is 0 Å². The maximum Gasteiger partial charge on any atom is 0.328 e. The van der Waals surface area contributed by atoms with E-state index in [-0.39, 0.29) is 18.5 Å². The molecule has 1 unspecified atom stereocenters. The molecule has 2 aromatic heterocycles. The number of aromatic amines is 1. The Morgan fingerprint density at radius 2 is 2.25 bits per heavy atom. The van der Waals surface area contributed by atoms with Crippen LogP contribution in [0.15, 0.2) is 33.3 Å². The smallest absolute Gasteiger partial charge is 0.328 e. The van der Waals surface area contributed by atoms with Crippen LogP contribution in [0.3, 0.4) is 0 Å². The van der Waals surface area contributed by atoms with Crippen molar-refractivity contribution < 1.29 is 4.79 Å². The zero-order valence-corrected chi connectivity index (χ0v) is 14.3. The minimum atomic E-state index is -0.577. The average Bonchev–Trinajstić information content (AvgIpc) is 3.03. The summed E-state index contributed by atoms with van der Waals surface area (Å²) in [6.07, 6.45) is 2.38. The Kier molecular flexibility index (Phi) is 4.96. The maximum absolute atomic E-state index is 12.0. The van der Waals surface area contributed by atoms with E-state index in [2.05, 4.69) is 33.6 Å². The first kappa shape index (κ1) is 16.7. The summed E-state index contributed by atoms with van der Waals surface area (Å²) in [6, 6.07) is 3.61. The lowest BCUT2D eigenvalue weighted by Crippen LogP contribution is -2.45. The van der Waals surface area contributed by atoms with Gasteiger partial charge >= 0.3 is 5.69 Å². The Morgan fingerprint density at radius 3 is 3.04 bits per heavy atom. The minimum Gasteiger partial charge on any atom is -0.353 e. The Morgan fingerprint density at radius 1 is 1.42 bits per heavy atom. The van der Waals surface area contributed by atoms with Crippen LogP contribution in [0.2, 0.25) is 0 Å². The van der Waals surface area contributed by atoms with Crippen molar-refractivity contribution in [2.45, 2.75) is 32.5 Å². The molecule has 1 aliphatic rings. The van der Waals surface area contributed by atoms with Crippen LogP contribution in [0.25, 0.3) is 0 Å². The molecule has 0 bridgehead atoms. The summed E-state index contributed by atoms with van der Waals surface area (Å²) in [5.74, 6) is -0.246. The van der Waals surface area contributed by atoms with Gasteiger partial charge in [0.15, 0.2) is 0 Å². The van der Waals surface area contributed by atoms with Crippen molar-refractivity contribution >= 4 is 17.2 Å². The number of H-pyrrole nitrogens is 1. The number of nitrogens with zero attached hydrogens (tertiary/aromatic N) is 2. The zero-order chi connectivity index (χ0) is 17.1. The van der Waals surface area contributed by atoms with Crippen molar-refractivity contribution in [1.82, 2.24) is 19.8 Å². The highest BCUT2D eigenvalue weighted by Gasteiger charge is 2.21. The molecule has 3 heterocycles. The lowest BCUT2D eigenvalue weighted by molar-refractivity contribution is -0.122. The maximum atomic E-state index is 12.0. The summed E-state index contributed by atoms with van der Waals surface area (Å²) < 4.78 is 1.18. The van der Waals surface area contributed by atoms with Crippen molar-refractivity contribution in [1.29, 1.82) is 0 Å². The number of fused-ring (bicyclic) bond motifs is 1. The third kappa shape index (κ3) is 3.82. The molecule has 0 spiro atoms. The van der Waals surface area contributed by atoms with Crippen LogP contribution in [-0.4, -0.2) is 39.5 Å². The number of thiophene rings is 1. The van der Waals surface area contributed by atoms with E-state index in [9.17, 15) is 14.4 Å². The average molecular weight is 348 g/mol. The molecule has 7 nitrogen and oxygen atoms in total. The molecule has 0 fully saturated rings. The molecule has 2 aromatic rings. The van der Waals surface area contributed by atoms with Gasteiger partial charge in [0.1, 0.15) is 6.54 Å². The van der Waals surface area contributed by atoms with Crippen LogP contribution in [0.4, 0.5) is 0 Å². The van der Waals surface area contributed by atoms with Gasteiger partial charge < -0.3 is 5.32 Å². The molecule has 0 radical (unpaired) electrons. The van der Waals surface area contributed by atoms with Crippen molar-refractivity contribution in [3.8, 4) is 0 Å². The van der Waals surface area contributed by atoms with Crippen molar-refractivity contribution in [3.63, 3.8) is 0 Å². The van der Waals surface area contributed by atoms with E-state index >= 15 is 0 Å². The fourth-order valence-electron chi connectivity index (χ4n) is 2.82. The standard InChI is InChI=1S/C16H20N4O3S/c1-11(19-5-2-13-12(9-19)4-7-24-13)8-17-15(22)10-20-6-3-14(21)18-16(20)23/h3-4,6-7,11H,2,5,8-10H2,1H3,(H,17,22)(H,18,21,23). The number of amides is 1. The van der Waals surface area contributed by atoms with Crippen LogP contribution in [0.1, 0.15) is 17.4 Å². The van der Waals surface area contributed by atoms with Gasteiger partial charge in [0.05, 0.1) is 0 Å². The Balaban J connectivity index is 1.51. The second-order valence-electron chi connectivity index (χ2n) is 5.98. The topological polar surface area (TPSA) is 87.2 Å². The number of hydrogen-bond acceptors (Lipinski definition) is 5. The molecule has 24 heavy (non-hydrogen) atoms. The van der Waals surface area contributed by atoms with E-state index in [1.165, 1.54) is 27.3 Å². The fourth-order valence-corrected chi connectivity index (χ4v) is 3.71. The van der Waals surface area contributed by atoms with Gasteiger partial charge in [-0.15, -0.1) is 11.3 Å². The van der Waals surface area contributed by atoms with E-state index in [4.69, 9.17) is 0 Å². The summed E-state index contributed by atoms with van der Waals surface area (Å²) in [5.41, 5.74) is 0.333. The quantitative estimate of drug-likeness (QED) is 0.806. The number of nitrogens with one attached hydrogen (secondary N) is 2. The molecule has 0 aromatic carbocycles. The van der Waals surface area contributed by atoms with E-state index in [1.807, 2.05) is 0 Å². The predicted octanol–water partition coefficient (Wildman–Crippen LogP) is 0.161. The molecule has 128 valence electrons. The zero-order valence-electron chi connectivity index (χ0n) is 13.4. The fraction of sp³-hybridized carbons (Fsp3) is 0.438. The monoisotopic (exact) mass is 348 g/mol. The molecule has 1 amide bonds. The molecule has 3 rings (SSSR count). The van der Waals surface area contributed by atoms with Crippen molar-refractivity contribution in [2.24, 2.45) is 0 Å². The summed E-state index contributed by atoms with van der Waals surface area (Å²) in [5, 5.41) is 4.99. The van der Waals surface area contributed by atoms with E-state index in [1.54, 1.807) is 11.3 Å². The van der Waals surface area contributed by atoms with E-state index in [0.717, 1.165) is 19.5 Å². The third-order valence-corrected chi connectivity index (χ3v) is 5.29. The number of carbonyl (C=O) groups excluding carboxylic acids is 1. The molecule has 0 saturated heterocycles. The Labute approximate surface area is 142 Å². The summed E-state index contributed by atoms with van der Waals surface area (Å²) in [4.78, 5) is 40.5. The largest absolute Gasteiger partial charge is 0.353 e. The van der Waals surface area contributed by atoms with E-state index < -0.39 is 11.2 Å². The van der Waals surface area contributed by atoms with E-state index in [0.29, 0.717) is 6.54 Å². The molecular formula is C16H20N4O3S. The number of carbonyl (C=O) groups is 1. The molecular weight excluding hydrogens is 328 g/mol. The predicted molar refractivity (Wildman–Crippen MR) is 92.2 cm³/mol.